The zero-order chi connectivity index (χ0) is 14.5. The largest absolute Gasteiger partial charge is 0.397 e. The van der Waals surface area contributed by atoms with Crippen LogP contribution in [0.5, 0.6) is 0 Å². The number of halogens is 1. The highest BCUT2D eigenvalue weighted by atomic mass is 35.5. The van der Waals surface area contributed by atoms with E-state index >= 15 is 0 Å². The minimum absolute atomic E-state index is 0.00197. The van der Waals surface area contributed by atoms with Crippen LogP contribution in [0.4, 0.5) is 11.4 Å². The van der Waals surface area contributed by atoms with Crippen molar-refractivity contribution in [3.8, 4) is 0 Å². The Labute approximate surface area is 122 Å². The van der Waals surface area contributed by atoms with Gasteiger partial charge in [0.15, 0.2) is 0 Å². The van der Waals surface area contributed by atoms with Gasteiger partial charge in [0.2, 0.25) is 11.8 Å². The Hall–Kier alpha value is -1.79. The van der Waals surface area contributed by atoms with Crippen molar-refractivity contribution in [2.45, 2.75) is 6.42 Å². The lowest BCUT2D eigenvalue weighted by molar-refractivity contribution is -0.125. The first-order chi connectivity index (χ1) is 9.54. The molecule has 0 spiro atoms. The van der Waals surface area contributed by atoms with E-state index in [0.29, 0.717) is 42.5 Å². The Morgan fingerprint density at radius 2 is 2.30 bits per heavy atom. The van der Waals surface area contributed by atoms with Crippen LogP contribution in [0.15, 0.2) is 18.2 Å². The fourth-order valence-corrected chi connectivity index (χ4v) is 2.10. The van der Waals surface area contributed by atoms with Gasteiger partial charge in [-0.3, -0.25) is 14.5 Å². The lowest BCUT2D eigenvalue weighted by Crippen LogP contribution is -2.48. The molecule has 0 aliphatic carbocycles. The summed E-state index contributed by atoms with van der Waals surface area (Å²) in [7, 11) is 0. The molecule has 2 amide bonds. The van der Waals surface area contributed by atoms with E-state index in [1.54, 1.807) is 18.2 Å². The lowest BCUT2D eigenvalue weighted by atomic mass is 10.2. The number of hydrogen-bond acceptors (Lipinski definition) is 4. The molecule has 1 heterocycles. The van der Waals surface area contributed by atoms with E-state index in [-0.39, 0.29) is 11.8 Å². The fraction of sp³-hybridized carbons (Fsp3) is 0.385. The van der Waals surface area contributed by atoms with Crippen molar-refractivity contribution in [1.29, 1.82) is 0 Å². The summed E-state index contributed by atoms with van der Waals surface area (Å²) in [6.07, 6.45) is 0.329. The summed E-state index contributed by atoms with van der Waals surface area (Å²) in [5.74, 6) is -0.111. The number of hydrogen-bond donors (Lipinski definition) is 3. The summed E-state index contributed by atoms with van der Waals surface area (Å²) in [4.78, 5) is 25.0. The van der Waals surface area contributed by atoms with Gasteiger partial charge in [-0.2, -0.15) is 0 Å². The van der Waals surface area contributed by atoms with Crippen molar-refractivity contribution < 1.29 is 9.59 Å². The van der Waals surface area contributed by atoms with Crippen molar-refractivity contribution in [2.75, 3.05) is 37.2 Å². The molecule has 0 saturated carbocycles. The molecular weight excluding hydrogens is 280 g/mol. The number of nitrogen functional groups attached to an aromatic ring is 1. The van der Waals surface area contributed by atoms with E-state index < -0.39 is 0 Å². The van der Waals surface area contributed by atoms with E-state index in [1.165, 1.54) is 0 Å². The predicted molar refractivity (Wildman–Crippen MR) is 78.6 cm³/mol. The number of carbonyl (C=O) groups is 2. The molecule has 0 aromatic heterocycles. The van der Waals surface area contributed by atoms with E-state index in [4.69, 9.17) is 17.3 Å². The summed E-state index contributed by atoms with van der Waals surface area (Å²) in [6, 6.07) is 4.96. The maximum atomic E-state index is 11.8. The Morgan fingerprint density at radius 1 is 1.50 bits per heavy atom. The average Bonchev–Trinajstić information content (AvgIpc) is 2.41. The quantitative estimate of drug-likeness (QED) is 0.713. The molecule has 0 atom stereocenters. The van der Waals surface area contributed by atoms with Crippen molar-refractivity contribution in [3.05, 3.63) is 23.2 Å². The molecule has 1 aliphatic heterocycles. The highest BCUT2D eigenvalue weighted by molar-refractivity contribution is 6.33. The number of rotatable bonds is 4. The van der Waals surface area contributed by atoms with Gasteiger partial charge in [-0.25, -0.2) is 0 Å². The monoisotopic (exact) mass is 296 g/mol. The van der Waals surface area contributed by atoms with Crippen LogP contribution in [0.25, 0.3) is 0 Å². The van der Waals surface area contributed by atoms with E-state index in [1.807, 2.05) is 4.90 Å². The van der Waals surface area contributed by atoms with Crippen LogP contribution in [0, 0.1) is 0 Å². The third-order valence-electron chi connectivity index (χ3n) is 3.05. The van der Waals surface area contributed by atoms with Crippen molar-refractivity contribution >= 4 is 34.8 Å². The highest BCUT2D eigenvalue weighted by Gasteiger charge is 2.16. The molecule has 1 aliphatic rings. The number of piperazine rings is 1. The molecule has 20 heavy (non-hydrogen) atoms. The summed E-state index contributed by atoms with van der Waals surface area (Å²) >= 11 is 5.81. The molecule has 1 aromatic carbocycles. The molecule has 1 fully saturated rings. The molecule has 1 aromatic rings. The molecule has 7 heteroatoms. The molecule has 0 bridgehead atoms. The molecule has 4 N–H and O–H groups in total. The fourth-order valence-electron chi connectivity index (χ4n) is 1.99. The van der Waals surface area contributed by atoms with Gasteiger partial charge < -0.3 is 16.4 Å². The van der Waals surface area contributed by atoms with Crippen LogP contribution < -0.4 is 16.4 Å². The van der Waals surface area contributed by atoms with Gasteiger partial charge in [-0.15, -0.1) is 0 Å². The summed E-state index contributed by atoms with van der Waals surface area (Å²) in [5, 5.41) is 5.96. The minimum Gasteiger partial charge on any atom is -0.397 e. The molecule has 2 rings (SSSR count). The van der Waals surface area contributed by atoms with Gasteiger partial charge in [0, 0.05) is 31.7 Å². The van der Waals surface area contributed by atoms with Gasteiger partial charge in [0.1, 0.15) is 0 Å². The first kappa shape index (κ1) is 14.6. The van der Waals surface area contributed by atoms with Crippen LogP contribution in [0.1, 0.15) is 6.42 Å². The molecule has 0 radical (unpaired) electrons. The van der Waals surface area contributed by atoms with E-state index in [2.05, 4.69) is 10.6 Å². The van der Waals surface area contributed by atoms with Gasteiger partial charge in [-0.1, -0.05) is 11.6 Å². The van der Waals surface area contributed by atoms with Crippen LogP contribution >= 0.6 is 11.6 Å². The first-order valence-electron chi connectivity index (χ1n) is 6.38. The number of amides is 2. The second-order valence-electron chi connectivity index (χ2n) is 4.66. The summed E-state index contributed by atoms with van der Waals surface area (Å²) in [5.41, 5.74) is 6.71. The van der Waals surface area contributed by atoms with Gasteiger partial charge in [-0.05, 0) is 18.2 Å². The first-order valence-corrected chi connectivity index (χ1v) is 6.76. The Morgan fingerprint density at radius 3 is 3.00 bits per heavy atom. The second-order valence-corrected chi connectivity index (χ2v) is 5.07. The number of nitrogens with one attached hydrogen (secondary N) is 2. The van der Waals surface area contributed by atoms with Crippen LogP contribution in [-0.4, -0.2) is 42.9 Å². The average molecular weight is 297 g/mol. The smallest absolute Gasteiger partial charge is 0.234 e. The summed E-state index contributed by atoms with van der Waals surface area (Å²) in [6.45, 7) is 2.31. The molecule has 1 saturated heterocycles. The van der Waals surface area contributed by atoms with Gasteiger partial charge in [0.25, 0.3) is 0 Å². The van der Waals surface area contributed by atoms with E-state index in [9.17, 15) is 9.59 Å². The third kappa shape index (κ3) is 4.11. The lowest BCUT2D eigenvalue weighted by Gasteiger charge is -2.26. The topological polar surface area (TPSA) is 87.5 Å². The van der Waals surface area contributed by atoms with Gasteiger partial charge in [0.05, 0.1) is 17.3 Å². The second kappa shape index (κ2) is 6.58. The Kier molecular flexibility index (Phi) is 4.81. The highest BCUT2D eigenvalue weighted by Crippen LogP contribution is 2.22. The number of nitrogens with two attached hydrogens (primary N) is 1. The predicted octanol–water partition coefficient (Wildman–Crippen LogP) is 0.683. The maximum absolute atomic E-state index is 11.8. The normalized spacial score (nSPS) is 15.8. The van der Waals surface area contributed by atoms with Crippen molar-refractivity contribution in [3.63, 3.8) is 0 Å². The number of benzene rings is 1. The number of nitrogens with zero attached hydrogens (tertiary/aromatic N) is 1. The third-order valence-corrected chi connectivity index (χ3v) is 3.40. The van der Waals surface area contributed by atoms with E-state index in [0.717, 1.165) is 6.54 Å². The molecule has 6 nitrogen and oxygen atoms in total. The number of anilines is 2. The molecule has 108 valence electrons. The molecular formula is C13H17ClN4O2. The van der Waals surface area contributed by atoms with Crippen LogP contribution in [0.3, 0.4) is 0 Å². The van der Waals surface area contributed by atoms with Crippen molar-refractivity contribution in [1.82, 2.24) is 10.2 Å². The standard InChI is InChI=1S/C13H17ClN4O2/c14-10-2-1-9(7-11(10)15)17-12(19)3-5-18-6-4-16-13(20)8-18/h1-2,7H,3-6,8,15H2,(H,16,20)(H,17,19). The summed E-state index contributed by atoms with van der Waals surface area (Å²) < 4.78 is 0. The molecule has 0 unspecified atom stereocenters. The van der Waals surface area contributed by atoms with Crippen LogP contribution in [0.2, 0.25) is 5.02 Å². The minimum atomic E-state index is -0.113. The Balaban J connectivity index is 1.80. The zero-order valence-corrected chi connectivity index (χ0v) is 11.7. The SMILES string of the molecule is Nc1cc(NC(=O)CCN2CCNC(=O)C2)ccc1Cl. The van der Waals surface area contributed by atoms with Gasteiger partial charge >= 0.3 is 0 Å². The maximum Gasteiger partial charge on any atom is 0.234 e. The Bertz CT molecular complexity index is 521. The van der Waals surface area contributed by atoms with Crippen LogP contribution in [-0.2, 0) is 9.59 Å². The number of carbonyl (C=O) groups excluding carboxylic acids is 2. The zero-order valence-electron chi connectivity index (χ0n) is 11.0. The van der Waals surface area contributed by atoms with Crippen molar-refractivity contribution in [2.24, 2.45) is 0 Å².